The fourth-order valence-electron chi connectivity index (χ4n) is 3.35. The van der Waals surface area contributed by atoms with Gasteiger partial charge in [0.15, 0.2) is 5.69 Å². The van der Waals surface area contributed by atoms with Gasteiger partial charge in [-0.05, 0) is 6.07 Å². The predicted molar refractivity (Wildman–Crippen MR) is 91.2 cm³/mol. The van der Waals surface area contributed by atoms with Crippen LogP contribution in [0.4, 0.5) is 0 Å². The summed E-state index contributed by atoms with van der Waals surface area (Å²) in [6, 6.07) is 7.31. The molecule has 0 bridgehead atoms. The molecule has 0 saturated carbocycles. The summed E-state index contributed by atoms with van der Waals surface area (Å²) in [5, 5.41) is 11.1. The van der Waals surface area contributed by atoms with Crippen molar-refractivity contribution in [1.29, 1.82) is 0 Å². The number of aromatic nitrogens is 2. The van der Waals surface area contributed by atoms with E-state index in [-0.39, 0.29) is 17.9 Å². The Morgan fingerprint density at radius 1 is 1.12 bits per heavy atom. The number of nitrogens with one attached hydrogen (secondary N) is 2. The quantitative estimate of drug-likeness (QED) is 0.790. The van der Waals surface area contributed by atoms with E-state index in [0.717, 1.165) is 10.9 Å². The Morgan fingerprint density at radius 2 is 1.88 bits per heavy atom. The predicted octanol–water partition coefficient (Wildman–Crippen LogP) is -0.164. The maximum absolute atomic E-state index is 12.8. The van der Waals surface area contributed by atoms with Crippen molar-refractivity contribution >= 4 is 22.7 Å². The largest absolute Gasteiger partial charge is 0.378 e. The molecular formula is C17H21N5O3. The van der Waals surface area contributed by atoms with E-state index in [1.54, 1.807) is 9.80 Å². The Balaban J connectivity index is 1.39. The molecule has 0 spiro atoms. The van der Waals surface area contributed by atoms with Crippen molar-refractivity contribution in [1.82, 2.24) is 25.3 Å². The lowest BCUT2D eigenvalue weighted by Crippen LogP contribution is -2.57. The molecule has 2 fully saturated rings. The average Bonchev–Trinajstić information content (AvgIpc) is 3.12. The molecule has 4 rings (SSSR count). The number of rotatable bonds is 2. The molecule has 3 heterocycles. The van der Waals surface area contributed by atoms with Gasteiger partial charge >= 0.3 is 0 Å². The summed E-state index contributed by atoms with van der Waals surface area (Å²) < 4.78 is 5.36. The van der Waals surface area contributed by atoms with E-state index in [2.05, 4.69) is 15.5 Å². The molecule has 8 heteroatoms. The van der Waals surface area contributed by atoms with E-state index in [4.69, 9.17) is 4.74 Å². The van der Waals surface area contributed by atoms with Gasteiger partial charge in [0.25, 0.3) is 5.91 Å². The third-order valence-electron chi connectivity index (χ3n) is 4.77. The summed E-state index contributed by atoms with van der Waals surface area (Å²) in [6.45, 7) is 3.84. The average molecular weight is 343 g/mol. The maximum atomic E-state index is 12.8. The van der Waals surface area contributed by atoms with Crippen LogP contribution in [0.3, 0.4) is 0 Å². The fraction of sp³-hybridized carbons (Fsp3) is 0.471. The molecule has 2 aliphatic heterocycles. The minimum Gasteiger partial charge on any atom is -0.378 e. The van der Waals surface area contributed by atoms with Crippen LogP contribution < -0.4 is 5.32 Å². The van der Waals surface area contributed by atoms with Crippen molar-refractivity contribution < 1.29 is 14.3 Å². The van der Waals surface area contributed by atoms with Crippen LogP contribution in [0.2, 0.25) is 0 Å². The smallest absolute Gasteiger partial charge is 0.275 e. The molecule has 2 aliphatic rings. The second-order valence-electron chi connectivity index (χ2n) is 6.32. The minimum atomic E-state index is -0.272. The molecule has 1 aromatic carbocycles. The first kappa shape index (κ1) is 16.0. The first-order valence-corrected chi connectivity index (χ1v) is 8.56. The highest BCUT2D eigenvalue weighted by Crippen LogP contribution is 2.18. The van der Waals surface area contributed by atoms with Crippen LogP contribution >= 0.6 is 0 Å². The lowest BCUT2D eigenvalue weighted by molar-refractivity contribution is -0.137. The summed E-state index contributed by atoms with van der Waals surface area (Å²) in [6.07, 6.45) is 0. The first-order chi connectivity index (χ1) is 12.2. The third-order valence-corrected chi connectivity index (χ3v) is 4.77. The van der Waals surface area contributed by atoms with E-state index < -0.39 is 0 Å². The molecule has 132 valence electrons. The van der Waals surface area contributed by atoms with Gasteiger partial charge < -0.3 is 19.9 Å². The normalized spacial score (nSPS) is 21.5. The number of fused-ring (bicyclic) bond motifs is 1. The van der Waals surface area contributed by atoms with Crippen molar-refractivity contribution in [3.8, 4) is 0 Å². The van der Waals surface area contributed by atoms with Crippen molar-refractivity contribution in [2.24, 2.45) is 0 Å². The van der Waals surface area contributed by atoms with Crippen molar-refractivity contribution in [3.05, 3.63) is 30.0 Å². The molecule has 2 aromatic rings. The van der Waals surface area contributed by atoms with Crippen LogP contribution in [0.25, 0.3) is 10.9 Å². The van der Waals surface area contributed by atoms with Crippen molar-refractivity contribution in [2.75, 3.05) is 45.9 Å². The van der Waals surface area contributed by atoms with E-state index >= 15 is 0 Å². The van der Waals surface area contributed by atoms with Crippen LogP contribution in [0.5, 0.6) is 0 Å². The highest BCUT2D eigenvalue weighted by atomic mass is 16.5. The standard InChI is InChI=1S/C17H21N5O3/c23-16(14-11-25-10-5-18-14)21-6-8-22(9-7-21)17(24)15-12-3-1-2-4-13(12)19-20-15/h1-4,14,18H,5-11H2,(H,19,20). The SMILES string of the molecule is O=C(c1n[nH]c2ccccc12)N1CCN(C(=O)C2COCCN2)CC1. The number of piperazine rings is 1. The summed E-state index contributed by atoms with van der Waals surface area (Å²) in [4.78, 5) is 28.8. The molecule has 1 atom stereocenters. The molecule has 2 N–H and O–H groups in total. The number of hydrogen-bond donors (Lipinski definition) is 2. The minimum absolute atomic E-state index is 0.0528. The lowest BCUT2D eigenvalue weighted by atomic mass is 10.1. The topological polar surface area (TPSA) is 90.6 Å². The number of para-hydroxylation sites is 1. The van der Waals surface area contributed by atoms with Crippen LogP contribution in [-0.2, 0) is 9.53 Å². The molecule has 2 amide bonds. The fourth-order valence-corrected chi connectivity index (χ4v) is 3.35. The molecule has 1 aromatic heterocycles. The van der Waals surface area contributed by atoms with Crippen LogP contribution in [0, 0.1) is 0 Å². The molecule has 1 unspecified atom stereocenters. The highest BCUT2D eigenvalue weighted by molar-refractivity contribution is 6.04. The number of amides is 2. The Labute approximate surface area is 145 Å². The van der Waals surface area contributed by atoms with Gasteiger partial charge in [-0.25, -0.2) is 0 Å². The van der Waals surface area contributed by atoms with Gasteiger partial charge in [0.2, 0.25) is 5.91 Å². The number of carbonyl (C=O) groups is 2. The number of aromatic amines is 1. The zero-order valence-corrected chi connectivity index (χ0v) is 13.9. The van der Waals surface area contributed by atoms with Crippen molar-refractivity contribution in [2.45, 2.75) is 6.04 Å². The van der Waals surface area contributed by atoms with E-state index in [1.165, 1.54) is 0 Å². The number of morpholine rings is 1. The van der Waals surface area contributed by atoms with Gasteiger partial charge in [-0.2, -0.15) is 5.10 Å². The summed E-state index contributed by atoms with van der Waals surface area (Å²) >= 11 is 0. The zero-order valence-electron chi connectivity index (χ0n) is 13.9. The maximum Gasteiger partial charge on any atom is 0.275 e. The van der Waals surface area contributed by atoms with Gasteiger partial charge in [-0.3, -0.25) is 14.7 Å². The van der Waals surface area contributed by atoms with E-state index in [9.17, 15) is 9.59 Å². The Hall–Kier alpha value is -2.45. The van der Waals surface area contributed by atoms with E-state index in [1.807, 2.05) is 24.3 Å². The number of hydrogen-bond acceptors (Lipinski definition) is 5. The number of nitrogens with zero attached hydrogens (tertiary/aromatic N) is 3. The summed E-state index contributed by atoms with van der Waals surface area (Å²) in [5.74, 6) is -0.0410. The number of ether oxygens (including phenoxy) is 1. The molecule has 8 nitrogen and oxygen atoms in total. The Morgan fingerprint density at radius 3 is 2.64 bits per heavy atom. The second kappa shape index (κ2) is 6.81. The molecular weight excluding hydrogens is 322 g/mol. The van der Waals surface area contributed by atoms with Gasteiger partial charge in [0.05, 0.1) is 18.7 Å². The number of H-pyrrole nitrogens is 1. The Bertz CT molecular complexity index is 775. The van der Waals surface area contributed by atoms with Crippen LogP contribution in [0.1, 0.15) is 10.5 Å². The van der Waals surface area contributed by atoms with Crippen molar-refractivity contribution in [3.63, 3.8) is 0 Å². The molecule has 0 radical (unpaired) electrons. The summed E-state index contributed by atoms with van der Waals surface area (Å²) in [5.41, 5.74) is 1.29. The summed E-state index contributed by atoms with van der Waals surface area (Å²) in [7, 11) is 0. The highest BCUT2D eigenvalue weighted by Gasteiger charge is 2.31. The van der Waals surface area contributed by atoms with Crippen LogP contribution in [-0.4, -0.2) is 83.8 Å². The van der Waals surface area contributed by atoms with Gasteiger partial charge in [0.1, 0.15) is 6.04 Å². The number of carbonyl (C=O) groups excluding carboxylic acids is 2. The number of benzene rings is 1. The second-order valence-corrected chi connectivity index (χ2v) is 6.32. The van der Waals surface area contributed by atoms with Crippen LogP contribution in [0.15, 0.2) is 24.3 Å². The molecule has 25 heavy (non-hydrogen) atoms. The first-order valence-electron chi connectivity index (χ1n) is 8.56. The monoisotopic (exact) mass is 343 g/mol. The van der Waals surface area contributed by atoms with Gasteiger partial charge in [0, 0.05) is 38.1 Å². The van der Waals surface area contributed by atoms with E-state index in [0.29, 0.717) is 51.6 Å². The zero-order chi connectivity index (χ0) is 17.2. The molecule has 0 aliphatic carbocycles. The van der Waals surface area contributed by atoms with Gasteiger partial charge in [-0.1, -0.05) is 18.2 Å². The third kappa shape index (κ3) is 3.10. The lowest BCUT2D eigenvalue weighted by Gasteiger charge is -2.37. The van der Waals surface area contributed by atoms with Gasteiger partial charge in [-0.15, -0.1) is 0 Å². The Kier molecular flexibility index (Phi) is 4.37. The molecule has 2 saturated heterocycles.